The Morgan fingerprint density at radius 3 is 2.79 bits per heavy atom. The Bertz CT molecular complexity index is 465. The van der Waals surface area contributed by atoms with Gasteiger partial charge in [0.15, 0.2) is 0 Å². The molecule has 0 aromatic heterocycles. The Labute approximate surface area is 118 Å². The predicted molar refractivity (Wildman–Crippen MR) is 75.0 cm³/mol. The molecular formula is C15H20ClFN2. The van der Waals surface area contributed by atoms with Crippen LogP contribution in [0.25, 0.3) is 0 Å². The third-order valence-electron chi connectivity index (χ3n) is 4.96. The number of hydrazine groups is 1. The highest BCUT2D eigenvalue weighted by molar-refractivity contribution is 6.30. The van der Waals surface area contributed by atoms with Gasteiger partial charge in [0, 0.05) is 16.6 Å². The Balaban J connectivity index is 1.73. The standard InChI is InChI=1S/C15H20ClFN2/c16-12-3-4-13(14(17)8-12)15(19-18)7-11-6-9-1-2-10(11)5-9/h3-4,8-11,15,19H,1-2,5-7,18H2. The quantitative estimate of drug-likeness (QED) is 0.651. The average molecular weight is 283 g/mol. The molecule has 0 amide bonds. The van der Waals surface area contributed by atoms with Gasteiger partial charge in [-0.2, -0.15) is 0 Å². The Hall–Kier alpha value is -0.640. The van der Waals surface area contributed by atoms with E-state index in [-0.39, 0.29) is 11.9 Å². The summed E-state index contributed by atoms with van der Waals surface area (Å²) in [5, 5.41) is 0.428. The summed E-state index contributed by atoms with van der Waals surface area (Å²) < 4.78 is 14.0. The van der Waals surface area contributed by atoms with E-state index in [1.807, 2.05) is 0 Å². The van der Waals surface area contributed by atoms with E-state index in [0.29, 0.717) is 16.5 Å². The van der Waals surface area contributed by atoms with E-state index in [9.17, 15) is 4.39 Å². The van der Waals surface area contributed by atoms with Crippen molar-refractivity contribution in [2.24, 2.45) is 23.6 Å². The van der Waals surface area contributed by atoms with Crippen LogP contribution in [0.5, 0.6) is 0 Å². The molecular weight excluding hydrogens is 263 g/mol. The first-order chi connectivity index (χ1) is 9.17. The van der Waals surface area contributed by atoms with Crippen LogP contribution in [0.4, 0.5) is 4.39 Å². The van der Waals surface area contributed by atoms with Gasteiger partial charge in [0.1, 0.15) is 5.82 Å². The molecule has 0 radical (unpaired) electrons. The van der Waals surface area contributed by atoms with Crippen molar-refractivity contribution in [3.8, 4) is 0 Å². The van der Waals surface area contributed by atoms with Gasteiger partial charge in [0.25, 0.3) is 0 Å². The summed E-state index contributed by atoms with van der Waals surface area (Å²) in [7, 11) is 0. The SMILES string of the molecule is NNC(CC1CC2CCC1C2)c1ccc(Cl)cc1F. The van der Waals surface area contributed by atoms with Gasteiger partial charge in [-0.3, -0.25) is 11.3 Å². The molecule has 0 saturated heterocycles. The molecule has 1 aromatic carbocycles. The fourth-order valence-corrected chi connectivity index (χ4v) is 4.20. The second kappa shape index (κ2) is 5.39. The van der Waals surface area contributed by atoms with Gasteiger partial charge in [-0.1, -0.05) is 24.1 Å². The van der Waals surface area contributed by atoms with Gasteiger partial charge >= 0.3 is 0 Å². The number of nitrogens with one attached hydrogen (secondary N) is 1. The van der Waals surface area contributed by atoms with Crippen LogP contribution in [0.2, 0.25) is 5.02 Å². The number of nitrogens with two attached hydrogens (primary N) is 1. The summed E-state index contributed by atoms with van der Waals surface area (Å²) in [6.45, 7) is 0. The molecule has 2 fully saturated rings. The maximum absolute atomic E-state index is 14.0. The predicted octanol–water partition coefficient (Wildman–Crippen LogP) is 3.81. The van der Waals surface area contributed by atoms with E-state index in [0.717, 1.165) is 18.3 Å². The lowest BCUT2D eigenvalue weighted by Gasteiger charge is -2.26. The van der Waals surface area contributed by atoms with Crippen molar-refractivity contribution in [2.45, 2.75) is 38.1 Å². The van der Waals surface area contributed by atoms with Crippen LogP contribution < -0.4 is 11.3 Å². The van der Waals surface area contributed by atoms with Crippen molar-refractivity contribution in [3.63, 3.8) is 0 Å². The lowest BCUT2D eigenvalue weighted by Crippen LogP contribution is -2.31. The lowest BCUT2D eigenvalue weighted by atomic mass is 9.83. The van der Waals surface area contributed by atoms with E-state index in [1.165, 1.54) is 31.7 Å². The highest BCUT2D eigenvalue weighted by Gasteiger charge is 2.40. The number of hydrogen-bond donors (Lipinski definition) is 2. The van der Waals surface area contributed by atoms with E-state index in [1.54, 1.807) is 12.1 Å². The molecule has 3 N–H and O–H groups in total. The number of halogens is 2. The Morgan fingerprint density at radius 1 is 1.37 bits per heavy atom. The van der Waals surface area contributed by atoms with Crippen molar-refractivity contribution < 1.29 is 4.39 Å². The van der Waals surface area contributed by atoms with Crippen molar-refractivity contribution in [1.82, 2.24) is 5.43 Å². The molecule has 4 unspecified atom stereocenters. The average Bonchev–Trinajstić information content (AvgIpc) is 2.99. The van der Waals surface area contributed by atoms with Crippen molar-refractivity contribution in [2.75, 3.05) is 0 Å². The summed E-state index contributed by atoms with van der Waals surface area (Å²) >= 11 is 5.79. The second-order valence-electron chi connectivity index (χ2n) is 6.06. The molecule has 4 heteroatoms. The van der Waals surface area contributed by atoms with E-state index < -0.39 is 0 Å². The summed E-state index contributed by atoms with van der Waals surface area (Å²) in [4.78, 5) is 0. The molecule has 2 saturated carbocycles. The van der Waals surface area contributed by atoms with E-state index in [4.69, 9.17) is 17.4 Å². The molecule has 104 valence electrons. The minimum atomic E-state index is -0.265. The van der Waals surface area contributed by atoms with Gasteiger partial charge < -0.3 is 0 Å². The van der Waals surface area contributed by atoms with Crippen LogP contribution in [0.1, 0.15) is 43.7 Å². The molecule has 0 aliphatic heterocycles. The molecule has 2 aliphatic rings. The minimum Gasteiger partial charge on any atom is -0.271 e. The normalized spacial score (nSPS) is 30.8. The highest BCUT2D eigenvalue weighted by atomic mass is 35.5. The van der Waals surface area contributed by atoms with Gasteiger partial charge in [0.2, 0.25) is 0 Å². The number of hydrogen-bond acceptors (Lipinski definition) is 2. The zero-order chi connectivity index (χ0) is 13.4. The van der Waals surface area contributed by atoms with Crippen molar-refractivity contribution in [1.29, 1.82) is 0 Å². The van der Waals surface area contributed by atoms with E-state index >= 15 is 0 Å². The molecule has 1 aromatic rings. The summed E-state index contributed by atoms with van der Waals surface area (Å²) in [5.41, 5.74) is 3.42. The smallest absolute Gasteiger partial charge is 0.129 e. The molecule has 0 heterocycles. The minimum absolute atomic E-state index is 0.110. The molecule has 2 bridgehead atoms. The zero-order valence-corrected chi connectivity index (χ0v) is 11.7. The van der Waals surface area contributed by atoms with Crippen LogP contribution in [0.3, 0.4) is 0 Å². The van der Waals surface area contributed by atoms with Crippen LogP contribution in [0.15, 0.2) is 18.2 Å². The lowest BCUT2D eigenvalue weighted by molar-refractivity contribution is 0.277. The summed E-state index contributed by atoms with van der Waals surface area (Å²) in [5.74, 6) is 7.80. The first-order valence-electron chi connectivity index (χ1n) is 7.08. The highest BCUT2D eigenvalue weighted by Crippen LogP contribution is 2.50. The van der Waals surface area contributed by atoms with Crippen molar-refractivity contribution in [3.05, 3.63) is 34.6 Å². The number of fused-ring (bicyclic) bond motifs is 2. The monoisotopic (exact) mass is 282 g/mol. The molecule has 2 nitrogen and oxygen atoms in total. The molecule has 19 heavy (non-hydrogen) atoms. The molecule has 4 atom stereocenters. The van der Waals surface area contributed by atoms with E-state index in [2.05, 4.69) is 5.43 Å². The Morgan fingerprint density at radius 2 is 2.21 bits per heavy atom. The topological polar surface area (TPSA) is 38.0 Å². The first kappa shape index (κ1) is 13.3. The largest absolute Gasteiger partial charge is 0.271 e. The maximum Gasteiger partial charge on any atom is 0.129 e. The van der Waals surface area contributed by atoms with Gasteiger partial charge in [0.05, 0.1) is 0 Å². The van der Waals surface area contributed by atoms with Crippen LogP contribution in [-0.2, 0) is 0 Å². The molecule has 3 rings (SSSR count). The zero-order valence-electron chi connectivity index (χ0n) is 10.9. The molecule has 0 spiro atoms. The summed E-state index contributed by atoms with van der Waals surface area (Å²) in [6, 6.07) is 4.73. The fourth-order valence-electron chi connectivity index (χ4n) is 4.04. The first-order valence-corrected chi connectivity index (χ1v) is 7.46. The third-order valence-corrected chi connectivity index (χ3v) is 5.20. The summed E-state index contributed by atoms with van der Waals surface area (Å²) in [6.07, 6.45) is 6.31. The van der Waals surface area contributed by atoms with Gasteiger partial charge in [-0.15, -0.1) is 0 Å². The van der Waals surface area contributed by atoms with Gasteiger partial charge in [-0.05, 0) is 55.6 Å². The number of benzene rings is 1. The van der Waals surface area contributed by atoms with Crippen LogP contribution in [-0.4, -0.2) is 0 Å². The maximum atomic E-state index is 14.0. The molecule has 2 aliphatic carbocycles. The van der Waals surface area contributed by atoms with Crippen molar-refractivity contribution >= 4 is 11.6 Å². The van der Waals surface area contributed by atoms with Crippen LogP contribution >= 0.6 is 11.6 Å². The third kappa shape index (κ3) is 2.64. The Kier molecular flexibility index (Phi) is 3.79. The fraction of sp³-hybridized carbons (Fsp3) is 0.600. The van der Waals surface area contributed by atoms with Crippen LogP contribution in [0, 0.1) is 23.6 Å². The second-order valence-corrected chi connectivity index (χ2v) is 6.49. The number of rotatable bonds is 4. The van der Waals surface area contributed by atoms with Gasteiger partial charge in [-0.25, -0.2) is 4.39 Å².